The number of benzene rings is 1. The van der Waals surface area contributed by atoms with Gasteiger partial charge in [0.05, 0.1) is 18.4 Å². The fourth-order valence-corrected chi connectivity index (χ4v) is 1.39. The third-order valence-electron chi connectivity index (χ3n) is 2.36. The number of rotatable bonds is 2. The summed E-state index contributed by atoms with van der Waals surface area (Å²) in [6.07, 6.45) is -4.59. The van der Waals surface area contributed by atoms with Gasteiger partial charge in [0.25, 0.3) is 0 Å². The Morgan fingerprint density at radius 1 is 1.32 bits per heavy atom. The number of halogens is 3. The highest BCUT2D eigenvalue weighted by molar-refractivity contribution is 5.90. The molecule has 0 atom stereocenters. The zero-order valence-electron chi connectivity index (χ0n) is 10.7. The third kappa shape index (κ3) is 3.28. The van der Waals surface area contributed by atoms with Gasteiger partial charge in [-0.05, 0) is 18.2 Å². The lowest BCUT2D eigenvalue weighted by Crippen LogP contribution is -2.44. The highest BCUT2D eigenvalue weighted by atomic mass is 19.4. The van der Waals surface area contributed by atoms with Gasteiger partial charge >= 0.3 is 12.2 Å². The third-order valence-corrected chi connectivity index (χ3v) is 2.36. The second kappa shape index (κ2) is 5.35. The van der Waals surface area contributed by atoms with Gasteiger partial charge in [-0.15, -0.1) is 0 Å². The molecule has 19 heavy (non-hydrogen) atoms. The van der Waals surface area contributed by atoms with Crippen LogP contribution in [0.5, 0.6) is 5.75 Å². The second-order valence-electron chi connectivity index (χ2n) is 3.93. The number of urea groups is 1. The number of hydrogen-bond donors (Lipinski definition) is 1. The molecule has 0 aliphatic rings. The summed E-state index contributed by atoms with van der Waals surface area (Å²) < 4.78 is 43.1. The van der Waals surface area contributed by atoms with E-state index >= 15 is 0 Å². The predicted molar refractivity (Wildman–Crippen MR) is 63.7 cm³/mol. The molecule has 0 aromatic heterocycles. The second-order valence-corrected chi connectivity index (χ2v) is 3.93. The Labute approximate surface area is 108 Å². The van der Waals surface area contributed by atoms with Crippen LogP contribution in [0.4, 0.5) is 23.7 Å². The topological polar surface area (TPSA) is 58.8 Å². The molecule has 0 fully saturated rings. The molecule has 5 nitrogen and oxygen atoms in total. The Kier molecular flexibility index (Phi) is 4.25. The lowest BCUT2D eigenvalue weighted by atomic mass is 10.1. The highest BCUT2D eigenvalue weighted by Crippen LogP contribution is 2.38. The SMILES string of the molecule is COc1ccc(N(N)C(=O)N(C)C)cc1C(F)(F)F. The molecule has 1 aromatic rings. The summed E-state index contributed by atoms with van der Waals surface area (Å²) in [5.74, 6) is 5.15. The summed E-state index contributed by atoms with van der Waals surface area (Å²) in [6, 6.07) is 2.51. The first kappa shape index (κ1) is 15.1. The Balaban J connectivity index is 3.22. The number of alkyl halides is 3. The molecule has 0 saturated heterocycles. The number of nitrogens with two attached hydrogens (primary N) is 1. The number of ether oxygens (including phenoxy) is 1. The van der Waals surface area contributed by atoms with Crippen LogP contribution in [-0.2, 0) is 6.18 Å². The van der Waals surface area contributed by atoms with Crippen molar-refractivity contribution >= 4 is 11.7 Å². The summed E-state index contributed by atoms with van der Waals surface area (Å²) in [4.78, 5) is 12.7. The zero-order valence-corrected chi connectivity index (χ0v) is 10.7. The number of amides is 2. The number of hydrazine groups is 1. The number of hydrogen-bond acceptors (Lipinski definition) is 3. The number of nitrogens with zero attached hydrogens (tertiary/aromatic N) is 2. The maximum absolute atomic E-state index is 12.8. The molecular formula is C11H14F3N3O2. The summed E-state index contributed by atoms with van der Waals surface area (Å²) in [5.41, 5.74) is -1.07. The van der Waals surface area contributed by atoms with Gasteiger partial charge in [-0.1, -0.05) is 0 Å². The summed E-state index contributed by atoms with van der Waals surface area (Å²) in [5, 5.41) is 0.634. The van der Waals surface area contributed by atoms with Gasteiger partial charge in [-0.3, -0.25) is 0 Å². The van der Waals surface area contributed by atoms with Crippen LogP contribution in [0.3, 0.4) is 0 Å². The minimum Gasteiger partial charge on any atom is -0.496 e. The van der Waals surface area contributed by atoms with E-state index in [1.807, 2.05) is 0 Å². The lowest BCUT2D eigenvalue weighted by molar-refractivity contribution is -0.138. The largest absolute Gasteiger partial charge is 0.496 e. The molecule has 1 rings (SSSR count). The van der Waals surface area contributed by atoms with E-state index in [1.54, 1.807) is 0 Å². The van der Waals surface area contributed by atoms with Crippen LogP contribution in [0.2, 0.25) is 0 Å². The molecule has 0 spiro atoms. The first-order valence-corrected chi connectivity index (χ1v) is 5.19. The van der Waals surface area contributed by atoms with Crippen molar-refractivity contribution in [2.45, 2.75) is 6.18 Å². The van der Waals surface area contributed by atoms with E-state index in [-0.39, 0.29) is 11.4 Å². The van der Waals surface area contributed by atoms with Crippen molar-refractivity contribution in [3.8, 4) is 5.75 Å². The smallest absolute Gasteiger partial charge is 0.420 e. The van der Waals surface area contributed by atoms with E-state index in [4.69, 9.17) is 5.84 Å². The minimum atomic E-state index is -4.59. The van der Waals surface area contributed by atoms with Crippen LogP contribution in [0.15, 0.2) is 18.2 Å². The van der Waals surface area contributed by atoms with Crippen molar-refractivity contribution in [1.82, 2.24) is 4.90 Å². The van der Waals surface area contributed by atoms with Crippen LogP contribution in [0.1, 0.15) is 5.56 Å². The van der Waals surface area contributed by atoms with E-state index in [0.717, 1.165) is 24.1 Å². The first-order chi connectivity index (χ1) is 8.68. The molecule has 0 unspecified atom stereocenters. The molecule has 0 aliphatic carbocycles. The van der Waals surface area contributed by atoms with Crippen molar-refractivity contribution in [2.75, 3.05) is 26.2 Å². The van der Waals surface area contributed by atoms with Crippen molar-refractivity contribution < 1.29 is 22.7 Å². The number of anilines is 1. The van der Waals surface area contributed by atoms with E-state index < -0.39 is 17.8 Å². The maximum Gasteiger partial charge on any atom is 0.420 e. The van der Waals surface area contributed by atoms with Crippen molar-refractivity contribution in [2.24, 2.45) is 5.84 Å². The van der Waals surface area contributed by atoms with Gasteiger partial charge in [0.1, 0.15) is 5.75 Å². The van der Waals surface area contributed by atoms with E-state index in [9.17, 15) is 18.0 Å². The molecule has 0 bridgehead atoms. The van der Waals surface area contributed by atoms with Gasteiger partial charge in [0, 0.05) is 14.1 Å². The molecule has 106 valence electrons. The Morgan fingerprint density at radius 3 is 2.32 bits per heavy atom. The molecule has 0 saturated carbocycles. The molecule has 0 radical (unpaired) electrons. The average molecular weight is 277 g/mol. The summed E-state index contributed by atoms with van der Waals surface area (Å²) in [7, 11) is 4.02. The van der Waals surface area contributed by atoms with Gasteiger partial charge < -0.3 is 9.64 Å². The molecule has 1 aromatic carbocycles. The number of methoxy groups -OCH3 is 1. The minimum absolute atomic E-state index is 0.0770. The Bertz CT molecular complexity index is 475. The fourth-order valence-electron chi connectivity index (χ4n) is 1.39. The van der Waals surface area contributed by atoms with Gasteiger partial charge in [0.2, 0.25) is 0 Å². The average Bonchev–Trinajstić information content (AvgIpc) is 2.35. The lowest BCUT2D eigenvalue weighted by Gasteiger charge is -2.22. The van der Waals surface area contributed by atoms with E-state index in [0.29, 0.717) is 5.01 Å². The normalized spacial score (nSPS) is 11.1. The van der Waals surface area contributed by atoms with Crippen molar-refractivity contribution in [3.05, 3.63) is 23.8 Å². The quantitative estimate of drug-likeness (QED) is 0.511. The monoisotopic (exact) mass is 277 g/mol. The molecule has 0 aliphatic heterocycles. The van der Waals surface area contributed by atoms with E-state index in [2.05, 4.69) is 4.74 Å². The Morgan fingerprint density at radius 2 is 1.89 bits per heavy atom. The molecule has 0 heterocycles. The zero-order chi connectivity index (χ0) is 14.8. The molecule has 8 heteroatoms. The highest BCUT2D eigenvalue weighted by Gasteiger charge is 2.35. The first-order valence-electron chi connectivity index (χ1n) is 5.19. The van der Waals surface area contributed by atoms with Gasteiger partial charge in [-0.25, -0.2) is 15.6 Å². The van der Waals surface area contributed by atoms with E-state index in [1.165, 1.54) is 20.2 Å². The Hall–Kier alpha value is -1.96. The fraction of sp³-hybridized carbons (Fsp3) is 0.364. The molecular weight excluding hydrogens is 263 g/mol. The standard InChI is InChI=1S/C11H14F3N3O2/c1-16(2)10(18)17(15)7-4-5-9(19-3)8(6-7)11(12,13)14/h4-6H,15H2,1-3H3. The number of carbonyl (C=O) groups excluding carboxylic acids is 1. The molecule has 2 N–H and O–H groups in total. The maximum atomic E-state index is 12.8. The van der Waals surface area contributed by atoms with Crippen molar-refractivity contribution in [3.63, 3.8) is 0 Å². The van der Waals surface area contributed by atoms with Crippen LogP contribution in [-0.4, -0.2) is 32.1 Å². The van der Waals surface area contributed by atoms with Crippen LogP contribution in [0, 0.1) is 0 Å². The van der Waals surface area contributed by atoms with Crippen LogP contribution >= 0.6 is 0 Å². The summed E-state index contributed by atoms with van der Waals surface area (Å²) >= 11 is 0. The molecule has 2 amide bonds. The van der Waals surface area contributed by atoms with Crippen LogP contribution in [0.25, 0.3) is 0 Å². The summed E-state index contributed by atoms with van der Waals surface area (Å²) in [6.45, 7) is 0. The van der Waals surface area contributed by atoms with Crippen molar-refractivity contribution in [1.29, 1.82) is 0 Å². The van der Waals surface area contributed by atoms with Gasteiger partial charge in [0.15, 0.2) is 0 Å². The van der Waals surface area contributed by atoms with Crippen LogP contribution < -0.4 is 15.6 Å². The number of carbonyl (C=O) groups is 1. The predicted octanol–water partition coefficient (Wildman–Crippen LogP) is 2.08. The van der Waals surface area contributed by atoms with Gasteiger partial charge in [-0.2, -0.15) is 13.2 Å².